The molecule has 0 radical (unpaired) electrons. The first-order chi connectivity index (χ1) is 60.5. The predicted octanol–water partition coefficient (Wildman–Crippen LogP) is 29.7. The van der Waals surface area contributed by atoms with E-state index in [1.807, 2.05) is 18.2 Å². The number of fused-ring (bicyclic) bond motifs is 22. The Hall–Kier alpha value is -16.4. The van der Waals surface area contributed by atoms with Crippen LogP contribution in [0.3, 0.4) is 0 Å². The average molecular weight is 1550 g/mol. The van der Waals surface area contributed by atoms with Crippen molar-refractivity contribution < 1.29 is 0 Å². The molecule has 0 amide bonds. The van der Waals surface area contributed by atoms with E-state index in [1.54, 1.807) is 0 Å². The summed E-state index contributed by atoms with van der Waals surface area (Å²) >= 11 is 0. The third-order valence-corrected chi connectivity index (χ3v) is 25.2. The van der Waals surface area contributed by atoms with Gasteiger partial charge in [-0.05, 0) is 203 Å². The van der Waals surface area contributed by atoms with E-state index in [-0.39, 0.29) is 0 Å². The molecule has 0 saturated heterocycles. The van der Waals surface area contributed by atoms with Crippen molar-refractivity contribution in [3.05, 3.63) is 425 Å². The Morgan fingerprint density at radius 3 is 0.943 bits per heavy atom. The second kappa shape index (κ2) is 27.6. The molecule has 0 bridgehead atoms. The van der Waals surface area contributed by atoms with Crippen LogP contribution in [0.4, 0.5) is 0 Å². The summed E-state index contributed by atoms with van der Waals surface area (Å²) in [5, 5.41) is 24.1. The molecule has 0 atom stereocenters. The fraction of sp³-hybridized carbons (Fsp3) is 0. The van der Waals surface area contributed by atoms with Crippen LogP contribution in [-0.4, -0.2) is 38.2 Å². The maximum Gasteiger partial charge on any atom is 0.235 e. The molecule has 0 aliphatic heterocycles. The summed E-state index contributed by atoms with van der Waals surface area (Å²) in [6.45, 7) is 0. The Bertz CT molecular complexity index is 8830. The topological polar surface area (TPSA) is 71.3 Å². The Kier molecular flexibility index (Phi) is 15.6. The van der Waals surface area contributed by atoms with Gasteiger partial charge >= 0.3 is 0 Å². The quantitative estimate of drug-likeness (QED) is 0.144. The second-order valence-electron chi connectivity index (χ2n) is 32.0. The molecule has 20 aromatic carbocycles. The van der Waals surface area contributed by atoms with Crippen LogP contribution in [0.1, 0.15) is 0 Å². The van der Waals surface area contributed by atoms with Crippen LogP contribution in [0.2, 0.25) is 0 Å². The van der Waals surface area contributed by atoms with E-state index in [0.717, 1.165) is 99.7 Å². The van der Waals surface area contributed by atoms with E-state index in [0.29, 0.717) is 11.9 Å². The Balaban J connectivity index is 0.000000134. The SMILES string of the molecule is c1ccc(-c2nc(-n3c4ccc(-c5ccc6c(c5)c5c7ccccc7ccc5n6-c5ccc6ccccc6c5)cc4c4c5ccccc5ccc43)nc3ccccc23)cc1.c1ccc(-c2nc(-n3c4ccccc4c4cc(-c5ccc6c(c5)c5c7ccccc7ccc5n6-c5ccc(-c6ccc7ccccc7c6)cc5)ccc43)nc3ccccc23)cc1. The first kappa shape index (κ1) is 68.8. The first-order valence-electron chi connectivity index (χ1n) is 41.6. The van der Waals surface area contributed by atoms with Gasteiger partial charge < -0.3 is 9.13 Å². The summed E-state index contributed by atoms with van der Waals surface area (Å²) < 4.78 is 9.34. The Morgan fingerprint density at radius 1 is 0.148 bits per heavy atom. The van der Waals surface area contributed by atoms with Gasteiger partial charge in [-0.3, -0.25) is 9.13 Å². The van der Waals surface area contributed by atoms with Crippen molar-refractivity contribution in [1.29, 1.82) is 0 Å². The smallest absolute Gasteiger partial charge is 0.235 e. The largest absolute Gasteiger partial charge is 0.309 e. The van der Waals surface area contributed by atoms with Crippen molar-refractivity contribution in [1.82, 2.24) is 38.2 Å². The van der Waals surface area contributed by atoms with Crippen molar-refractivity contribution in [3.63, 3.8) is 0 Å². The van der Waals surface area contributed by atoms with Gasteiger partial charge in [0.15, 0.2) is 0 Å². The van der Waals surface area contributed by atoms with E-state index in [2.05, 4.69) is 425 Å². The lowest BCUT2D eigenvalue weighted by Gasteiger charge is -2.12. The summed E-state index contributed by atoms with van der Waals surface area (Å²) in [6.07, 6.45) is 0. The Labute approximate surface area is 700 Å². The molecule has 0 spiro atoms. The number of nitrogens with zero attached hydrogens (tertiary/aromatic N) is 8. The van der Waals surface area contributed by atoms with Crippen molar-refractivity contribution in [2.45, 2.75) is 0 Å². The van der Waals surface area contributed by atoms with Crippen LogP contribution in [0.25, 0.3) is 242 Å². The third-order valence-electron chi connectivity index (χ3n) is 25.2. The van der Waals surface area contributed by atoms with Gasteiger partial charge in [-0.15, -0.1) is 0 Å². The van der Waals surface area contributed by atoms with Gasteiger partial charge in [0.1, 0.15) is 0 Å². The van der Waals surface area contributed by atoms with Gasteiger partial charge in [0, 0.05) is 76.4 Å². The van der Waals surface area contributed by atoms with Crippen LogP contribution in [0.5, 0.6) is 0 Å². The molecule has 6 heterocycles. The third kappa shape index (κ3) is 11.0. The molecule has 8 nitrogen and oxygen atoms in total. The summed E-state index contributed by atoms with van der Waals surface area (Å²) in [4.78, 5) is 21.1. The summed E-state index contributed by atoms with van der Waals surface area (Å²) in [6, 6.07) is 153. The van der Waals surface area contributed by atoms with Crippen molar-refractivity contribution in [2.75, 3.05) is 0 Å². The zero-order chi connectivity index (χ0) is 80.0. The molecule has 122 heavy (non-hydrogen) atoms. The lowest BCUT2D eigenvalue weighted by Crippen LogP contribution is -2.03. The van der Waals surface area contributed by atoms with Crippen molar-refractivity contribution in [3.8, 4) is 79.2 Å². The monoisotopic (exact) mass is 1550 g/mol. The van der Waals surface area contributed by atoms with Crippen molar-refractivity contribution >= 4 is 163 Å². The van der Waals surface area contributed by atoms with Gasteiger partial charge in [-0.25, -0.2) is 19.9 Å². The molecule has 8 heteroatoms. The molecule has 0 aliphatic rings. The predicted molar refractivity (Wildman–Crippen MR) is 511 cm³/mol. The number of hydrogen-bond donors (Lipinski definition) is 0. The highest BCUT2D eigenvalue weighted by molar-refractivity contribution is 6.25. The highest BCUT2D eigenvalue weighted by Gasteiger charge is 2.25. The van der Waals surface area contributed by atoms with Crippen LogP contribution in [0, 0.1) is 0 Å². The van der Waals surface area contributed by atoms with Crippen LogP contribution < -0.4 is 0 Å². The molecule has 566 valence electrons. The number of rotatable bonds is 9. The van der Waals surface area contributed by atoms with Crippen LogP contribution >= 0.6 is 0 Å². The van der Waals surface area contributed by atoms with Gasteiger partial charge in [0.2, 0.25) is 11.9 Å². The second-order valence-corrected chi connectivity index (χ2v) is 32.0. The molecule has 0 saturated carbocycles. The Morgan fingerprint density at radius 2 is 0.451 bits per heavy atom. The minimum atomic E-state index is 0.658. The van der Waals surface area contributed by atoms with E-state index < -0.39 is 0 Å². The van der Waals surface area contributed by atoms with Gasteiger partial charge in [-0.2, -0.15) is 0 Å². The lowest BCUT2D eigenvalue weighted by molar-refractivity contribution is 1.01. The minimum Gasteiger partial charge on any atom is -0.309 e. The first-order valence-corrected chi connectivity index (χ1v) is 41.6. The van der Waals surface area contributed by atoms with E-state index in [1.165, 1.54) is 131 Å². The van der Waals surface area contributed by atoms with E-state index in [4.69, 9.17) is 19.9 Å². The van der Waals surface area contributed by atoms with E-state index >= 15 is 0 Å². The zero-order valence-corrected chi connectivity index (χ0v) is 66.0. The number of hydrogen-bond acceptors (Lipinski definition) is 4. The number of para-hydroxylation sites is 3. The number of aromatic nitrogens is 8. The molecular formula is C114H70N8. The molecule has 26 rings (SSSR count). The standard InChI is InChI=1S/C58H36N4.C56H34N4/c1-2-14-40(15-3-1)57-48-19-8-10-20-51(48)59-58(60-57)62-52-21-11-9-18-47(52)49-35-43(27-31-53(49)62)44-28-32-54-50(36-44)56-46-17-7-6-13-39(46)26-33-55(56)61(54)45-29-24-38(25-30-45)42-23-22-37-12-4-5-16-41(37)34-42;1-2-15-38(16-3-1)55-45-20-10-11-21-48(45)57-56(58-55)60-50-29-26-41(34-47(50)54-44-19-9-7-14-37(44)24-31-52(54)60)40-25-28-49-46(33-40)53-43-18-8-6-13-36(43)23-30-51(53)59(49)42-27-22-35-12-4-5-17-39(35)32-42/h1-36H;1-34H. The molecule has 0 unspecified atom stereocenters. The van der Waals surface area contributed by atoms with Gasteiger partial charge in [0.25, 0.3) is 0 Å². The fourth-order valence-electron chi connectivity index (χ4n) is 19.5. The fourth-order valence-corrected chi connectivity index (χ4v) is 19.5. The summed E-state index contributed by atoms with van der Waals surface area (Å²) in [5.74, 6) is 1.32. The summed E-state index contributed by atoms with van der Waals surface area (Å²) in [7, 11) is 0. The van der Waals surface area contributed by atoms with Crippen LogP contribution in [-0.2, 0) is 0 Å². The maximum atomic E-state index is 5.36. The highest BCUT2D eigenvalue weighted by Crippen LogP contribution is 2.46. The molecule has 6 aromatic heterocycles. The average Bonchev–Trinajstić information content (AvgIpc) is 1.57. The highest BCUT2D eigenvalue weighted by atomic mass is 15.2. The minimum absolute atomic E-state index is 0.658. The maximum absolute atomic E-state index is 5.36. The van der Waals surface area contributed by atoms with Crippen molar-refractivity contribution in [2.24, 2.45) is 0 Å². The normalized spacial score (nSPS) is 11.9. The molecular weight excluding hydrogens is 1480 g/mol. The van der Waals surface area contributed by atoms with Gasteiger partial charge in [-0.1, -0.05) is 309 Å². The molecule has 26 aromatic rings. The molecule has 0 aliphatic carbocycles. The number of benzene rings is 20. The molecule has 0 N–H and O–H groups in total. The molecule has 0 fully saturated rings. The van der Waals surface area contributed by atoms with Crippen LogP contribution in [0.15, 0.2) is 425 Å². The summed E-state index contributed by atoms with van der Waals surface area (Å²) in [5.41, 5.74) is 24.2. The van der Waals surface area contributed by atoms with Gasteiger partial charge in [0.05, 0.1) is 66.6 Å². The lowest BCUT2D eigenvalue weighted by atomic mass is 9.98. The zero-order valence-electron chi connectivity index (χ0n) is 66.0. The van der Waals surface area contributed by atoms with E-state index in [9.17, 15) is 0 Å².